The number of fused-ring (bicyclic) bond motifs is 1. The molecule has 130 valence electrons. The van der Waals surface area contributed by atoms with Crippen LogP contribution in [0.4, 0.5) is 8.78 Å². The molecule has 0 saturated carbocycles. The highest BCUT2D eigenvalue weighted by Gasteiger charge is 2.14. The maximum absolute atomic E-state index is 12.3. The zero-order chi connectivity index (χ0) is 17.8. The lowest BCUT2D eigenvalue weighted by Crippen LogP contribution is -2.29. The summed E-state index contributed by atoms with van der Waals surface area (Å²) in [5.74, 6) is -0.480. The van der Waals surface area contributed by atoms with E-state index in [0.717, 1.165) is 0 Å². The minimum atomic E-state index is -2.87. The number of ether oxygens (including phenoxy) is 1. The summed E-state index contributed by atoms with van der Waals surface area (Å²) < 4.78 is 28.9. The highest BCUT2D eigenvalue weighted by Crippen LogP contribution is 2.20. The molecule has 0 atom stereocenters. The Labute approximate surface area is 141 Å². The number of benzene rings is 1. The van der Waals surface area contributed by atoms with Crippen molar-refractivity contribution >= 4 is 16.8 Å². The number of halogens is 2. The summed E-state index contributed by atoms with van der Waals surface area (Å²) in [6.07, 6.45) is 4.25. The Bertz CT molecular complexity index is 919. The Hall–Kier alpha value is -3.03. The van der Waals surface area contributed by atoms with E-state index >= 15 is 0 Å². The first-order valence-corrected chi connectivity index (χ1v) is 7.64. The number of hydrogen-bond acceptors (Lipinski definition) is 4. The molecule has 1 aromatic heterocycles. The summed E-state index contributed by atoms with van der Waals surface area (Å²) in [5, 5.41) is 3.00. The molecule has 1 heterocycles. The van der Waals surface area contributed by atoms with Gasteiger partial charge in [-0.15, -0.1) is 0 Å². The molecule has 2 N–H and O–H groups in total. The average molecular weight is 347 g/mol. The maximum Gasteiger partial charge on any atom is 0.387 e. The third-order valence-corrected chi connectivity index (χ3v) is 3.67. The van der Waals surface area contributed by atoms with Gasteiger partial charge in [0.25, 0.3) is 11.5 Å². The monoisotopic (exact) mass is 347 g/mol. The van der Waals surface area contributed by atoms with Crippen LogP contribution in [0, 0.1) is 0 Å². The minimum absolute atomic E-state index is 0.104. The smallest absolute Gasteiger partial charge is 0.387 e. The number of rotatable bonds is 5. The fourth-order valence-electron chi connectivity index (χ4n) is 2.53. The predicted molar refractivity (Wildman–Crippen MR) is 87.2 cm³/mol. The molecule has 1 aromatic carbocycles. The molecule has 8 heteroatoms. The maximum atomic E-state index is 12.3. The molecule has 0 radical (unpaired) electrons. The summed E-state index contributed by atoms with van der Waals surface area (Å²) in [6.45, 7) is -2.75. The van der Waals surface area contributed by atoms with Gasteiger partial charge < -0.3 is 15.0 Å². The van der Waals surface area contributed by atoms with Crippen LogP contribution < -0.4 is 10.9 Å². The Morgan fingerprint density at radius 3 is 2.96 bits per heavy atom. The van der Waals surface area contributed by atoms with E-state index in [-0.39, 0.29) is 18.1 Å². The van der Waals surface area contributed by atoms with E-state index in [1.165, 1.54) is 6.08 Å². The van der Waals surface area contributed by atoms with Crippen LogP contribution in [0.1, 0.15) is 23.5 Å². The largest absolute Gasteiger partial charge is 0.439 e. The van der Waals surface area contributed by atoms with Gasteiger partial charge in [-0.2, -0.15) is 8.78 Å². The fourth-order valence-corrected chi connectivity index (χ4v) is 2.53. The van der Waals surface area contributed by atoms with Crippen molar-refractivity contribution in [3.63, 3.8) is 0 Å². The van der Waals surface area contributed by atoms with Crippen molar-refractivity contribution < 1.29 is 18.3 Å². The molecule has 0 fully saturated rings. The normalized spacial score (nSPS) is 14.2. The Morgan fingerprint density at radius 2 is 2.16 bits per heavy atom. The molecule has 1 aliphatic rings. The quantitative estimate of drug-likeness (QED) is 0.870. The lowest BCUT2D eigenvalue weighted by molar-refractivity contribution is -0.0985. The molecule has 0 saturated heterocycles. The minimum Gasteiger partial charge on any atom is -0.439 e. The van der Waals surface area contributed by atoms with Gasteiger partial charge in [-0.1, -0.05) is 18.2 Å². The first-order valence-electron chi connectivity index (χ1n) is 7.64. The summed E-state index contributed by atoms with van der Waals surface area (Å²) in [7, 11) is 0. The first kappa shape index (κ1) is 16.8. The van der Waals surface area contributed by atoms with E-state index in [4.69, 9.17) is 0 Å². The number of carbonyl (C=O) groups is 1. The molecule has 6 nitrogen and oxygen atoms in total. The second-order valence-corrected chi connectivity index (χ2v) is 5.42. The number of hydrogen-bond donors (Lipinski definition) is 2. The highest BCUT2D eigenvalue weighted by atomic mass is 19.3. The average Bonchev–Trinajstić information content (AvgIpc) is 2.59. The Balaban J connectivity index is 1.70. The number of nitrogens with one attached hydrogen (secondary N) is 2. The lowest BCUT2D eigenvalue weighted by Gasteiger charge is -2.15. The predicted octanol–water partition coefficient (Wildman–Crippen LogP) is 2.50. The van der Waals surface area contributed by atoms with Gasteiger partial charge in [0, 0.05) is 13.0 Å². The second-order valence-electron chi connectivity index (χ2n) is 5.42. The number of nitrogens with zero attached hydrogens (tertiary/aromatic N) is 1. The molecule has 1 amide bonds. The standard InChI is InChI=1S/C17H15F2N3O3/c18-17(19)25-11-5-3-4-10(8-11)9-20-16(24)14-21-13-7-2-1-6-12(13)15(23)22-14/h1-2,4,6-8,17H,3,5,9H2,(H,20,24)(H,21,22,23). The zero-order valence-electron chi connectivity index (χ0n) is 13.1. The van der Waals surface area contributed by atoms with Crippen molar-refractivity contribution in [3.05, 3.63) is 63.9 Å². The second kappa shape index (κ2) is 7.25. The number of H-pyrrole nitrogens is 1. The van der Waals surface area contributed by atoms with Crippen molar-refractivity contribution in [2.75, 3.05) is 6.54 Å². The van der Waals surface area contributed by atoms with Crippen LogP contribution in [0.2, 0.25) is 0 Å². The van der Waals surface area contributed by atoms with Crippen molar-refractivity contribution in [3.8, 4) is 0 Å². The van der Waals surface area contributed by atoms with Crippen LogP contribution in [-0.4, -0.2) is 29.0 Å². The molecule has 0 unspecified atom stereocenters. The van der Waals surface area contributed by atoms with E-state index < -0.39 is 18.1 Å². The Kier molecular flexibility index (Phi) is 4.87. The van der Waals surface area contributed by atoms with Crippen LogP contribution in [0.25, 0.3) is 10.9 Å². The van der Waals surface area contributed by atoms with E-state index in [9.17, 15) is 18.4 Å². The molecule has 0 spiro atoms. The lowest BCUT2D eigenvalue weighted by atomic mass is 10.1. The van der Waals surface area contributed by atoms with Crippen molar-refractivity contribution in [2.45, 2.75) is 19.5 Å². The van der Waals surface area contributed by atoms with E-state index in [0.29, 0.717) is 29.3 Å². The van der Waals surface area contributed by atoms with Crippen LogP contribution in [0.5, 0.6) is 0 Å². The molecule has 2 aromatic rings. The van der Waals surface area contributed by atoms with E-state index in [1.54, 1.807) is 24.3 Å². The zero-order valence-corrected chi connectivity index (χ0v) is 13.1. The molecule has 0 bridgehead atoms. The van der Waals surface area contributed by atoms with Gasteiger partial charge in [0.1, 0.15) is 5.76 Å². The molecular formula is C17H15F2N3O3. The van der Waals surface area contributed by atoms with Crippen LogP contribution in [0.15, 0.2) is 52.5 Å². The fraction of sp³-hybridized carbons (Fsp3) is 0.235. The third-order valence-electron chi connectivity index (χ3n) is 3.67. The summed E-state index contributed by atoms with van der Waals surface area (Å²) in [6, 6.07) is 6.69. The summed E-state index contributed by atoms with van der Waals surface area (Å²) in [4.78, 5) is 30.7. The van der Waals surface area contributed by atoms with Gasteiger partial charge in [0.15, 0.2) is 5.82 Å². The summed E-state index contributed by atoms with van der Waals surface area (Å²) >= 11 is 0. The number of aromatic amines is 1. The number of allylic oxidation sites excluding steroid dienone is 2. The SMILES string of the molecule is O=C(NCC1=CCCC(OC(F)F)=C1)c1nc2ccccc2c(=O)[nH]1. The molecule has 1 aliphatic carbocycles. The van der Waals surface area contributed by atoms with Crippen molar-refractivity contribution in [2.24, 2.45) is 0 Å². The van der Waals surface area contributed by atoms with Crippen molar-refractivity contribution in [1.29, 1.82) is 0 Å². The van der Waals surface area contributed by atoms with E-state index in [2.05, 4.69) is 20.0 Å². The first-order chi connectivity index (χ1) is 12.0. The van der Waals surface area contributed by atoms with E-state index in [1.807, 2.05) is 6.08 Å². The number of aromatic nitrogens is 2. The highest BCUT2D eigenvalue weighted by molar-refractivity contribution is 5.92. The molecule has 0 aliphatic heterocycles. The number of amides is 1. The number of alkyl halides is 2. The summed E-state index contributed by atoms with van der Waals surface area (Å²) in [5.41, 5.74) is 0.666. The Morgan fingerprint density at radius 1 is 1.36 bits per heavy atom. The number of para-hydroxylation sites is 1. The van der Waals surface area contributed by atoms with Gasteiger partial charge >= 0.3 is 6.61 Å². The molecular weight excluding hydrogens is 332 g/mol. The molecule has 25 heavy (non-hydrogen) atoms. The third kappa shape index (κ3) is 4.09. The van der Waals surface area contributed by atoms with Crippen LogP contribution >= 0.6 is 0 Å². The molecule has 3 rings (SSSR count). The van der Waals surface area contributed by atoms with Gasteiger partial charge in [0.2, 0.25) is 0 Å². The van der Waals surface area contributed by atoms with Gasteiger partial charge in [-0.3, -0.25) is 9.59 Å². The van der Waals surface area contributed by atoms with Gasteiger partial charge in [-0.05, 0) is 30.2 Å². The van der Waals surface area contributed by atoms with Crippen LogP contribution in [0.3, 0.4) is 0 Å². The topological polar surface area (TPSA) is 84.1 Å². The van der Waals surface area contributed by atoms with Crippen LogP contribution in [-0.2, 0) is 4.74 Å². The van der Waals surface area contributed by atoms with Gasteiger partial charge in [-0.25, -0.2) is 4.98 Å². The van der Waals surface area contributed by atoms with Gasteiger partial charge in [0.05, 0.1) is 10.9 Å². The van der Waals surface area contributed by atoms with Crippen molar-refractivity contribution in [1.82, 2.24) is 15.3 Å². The number of carbonyl (C=O) groups excluding carboxylic acids is 1.